The molecule has 2 aliphatic heterocycles. The smallest absolute Gasteiger partial charge is 0.223 e. The highest BCUT2D eigenvalue weighted by Crippen LogP contribution is 2.20. The minimum Gasteiger partial charge on any atom is -0.379 e. The van der Waals surface area contributed by atoms with E-state index in [2.05, 4.69) is 39.4 Å². The maximum atomic E-state index is 13.9. The molecule has 1 N–H and O–H groups in total. The maximum absolute atomic E-state index is 13.9. The van der Waals surface area contributed by atoms with Gasteiger partial charge in [-0.15, -0.1) is 0 Å². The van der Waals surface area contributed by atoms with Crippen LogP contribution in [0.5, 0.6) is 0 Å². The number of hydrogen-bond acceptors (Lipinski definition) is 4. The number of nitrogens with zero attached hydrogens (tertiary/aromatic N) is 2. The molecule has 2 fully saturated rings. The van der Waals surface area contributed by atoms with E-state index in [0.717, 1.165) is 69.9 Å². The largest absolute Gasteiger partial charge is 0.379 e. The van der Waals surface area contributed by atoms with Crippen molar-refractivity contribution in [3.63, 3.8) is 0 Å². The number of benzene rings is 2. The van der Waals surface area contributed by atoms with Crippen LogP contribution in [0.25, 0.3) is 0 Å². The molecule has 1 amide bonds. The molecule has 4 rings (SSSR count). The second-order valence-electron chi connectivity index (χ2n) is 8.56. The molecule has 0 saturated carbocycles. The first-order valence-corrected chi connectivity index (χ1v) is 11.3. The van der Waals surface area contributed by atoms with Crippen LogP contribution in [0.2, 0.25) is 0 Å². The highest BCUT2D eigenvalue weighted by molar-refractivity contribution is 5.78. The molecule has 166 valence electrons. The summed E-state index contributed by atoms with van der Waals surface area (Å²) in [5.41, 5.74) is 3.14. The Morgan fingerprint density at radius 1 is 0.903 bits per heavy atom. The van der Waals surface area contributed by atoms with Gasteiger partial charge in [-0.05, 0) is 43.1 Å². The molecule has 0 spiro atoms. The predicted molar refractivity (Wildman–Crippen MR) is 119 cm³/mol. The van der Waals surface area contributed by atoms with Gasteiger partial charge in [-0.1, -0.05) is 42.5 Å². The molecular weight excluding hydrogens is 393 g/mol. The number of piperidine rings is 1. The summed E-state index contributed by atoms with van der Waals surface area (Å²) in [5, 5.41) is 3.10. The van der Waals surface area contributed by atoms with Gasteiger partial charge in [0.2, 0.25) is 5.91 Å². The SMILES string of the molecule is O=C(NCc1ccc(CN2CCOCC2)cc1)C1CCN(Cc2ccccc2F)CC1. The van der Waals surface area contributed by atoms with E-state index in [1.54, 1.807) is 6.07 Å². The first-order chi connectivity index (χ1) is 15.2. The molecule has 0 aliphatic carbocycles. The number of amides is 1. The van der Waals surface area contributed by atoms with Gasteiger partial charge in [0.05, 0.1) is 13.2 Å². The number of likely N-dealkylation sites (tertiary alicyclic amines) is 1. The van der Waals surface area contributed by atoms with Crippen LogP contribution >= 0.6 is 0 Å². The number of carbonyl (C=O) groups excluding carboxylic acids is 1. The number of rotatable bonds is 7. The van der Waals surface area contributed by atoms with Crippen LogP contribution in [-0.2, 0) is 29.2 Å². The Hall–Kier alpha value is -2.28. The monoisotopic (exact) mass is 425 g/mol. The van der Waals surface area contributed by atoms with Crippen molar-refractivity contribution < 1.29 is 13.9 Å². The summed E-state index contributed by atoms with van der Waals surface area (Å²) in [6.07, 6.45) is 1.64. The van der Waals surface area contributed by atoms with Gasteiger partial charge >= 0.3 is 0 Å². The van der Waals surface area contributed by atoms with Crippen LogP contribution < -0.4 is 5.32 Å². The van der Waals surface area contributed by atoms with Crippen molar-refractivity contribution >= 4 is 5.91 Å². The zero-order valence-electron chi connectivity index (χ0n) is 18.1. The van der Waals surface area contributed by atoms with E-state index in [-0.39, 0.29) is 17.6 Å². The first kappa shape index (κ1) is 21.9. The third kappa shape index (κ3) is 6.35. The number of hydrogen-bond donors (Lipinski definition) is 1. The zero-order valence-corrected chi connectivity index (χ0v) is 18.1. The predicted octanol–water partition coefficient (Wildman–Crippen LogP) is 3.19. The molecular formula is C25H32FN3O2. The van der Waals surface area contributed by atoms with Gasteiger partial charge in [0, 0.05) is 44.2 Å². The van der Waals surface area contributed by atoms with Gasteiger partial charge in [-0.25, -0.2) is 4.39 Å². The Balaban J connectivity index is 1.18. The molecule has 0 radical (unpaired) electrons. The molecule has 0 atom stereocenters. The standard InChI is InChI=1S/C25H32FN3O2/c26-24-4-2-1-3-23(24)19-28-11-9-22(10-12-28)25(30)27-17-20-5-7-21(8-6-20)18-29-13-15-31-16-14-29/h1-8,22H,9-19H2,(H,27,30). The van der Waals surface area contributed by atoms with E-state index >= 15 is 0 Å². The third-order valence-corrected chi connectivity index (χ3v) is 6.31. The summed E-state index contributed by atoms with van der Waals surface area (Å²) in [7, 11) is 0. The fourth-order valence-corrected chi connectivity index (χ4v) is 4.33. The lowest BCUT2D eigenvalue weighted by Gasteiger charge is -2.31. The topological polar surface area (TPSA) is 44.8 Å². The summed E-state index contributed by atoms with van der Waals surface area (Å²) in [5.74, 6) is 0.0127. The fourth-order valence-electron chi connectivity index (χ4n) is 4.33. The number of halogens is 1. The normalized spacial score (nSPS) is 18.7. The molecule has 2 aromatic carbocycles. The minimum atomic E-state index is -0.154. The highest BCUT2D eigenvalue weighted by atomic mass is 19.1. The van der Waals surface area contributed by atoms with Crippen LogP contribution in [-0.4, -0.2) is 55.1 Å². The van der Waals surface area contributed by atoms with Crippen LogP contribution in [0, 0.1) is 11.7 Å². The van der Waals surface area contributed by atoms with E-state index in [4.69, 9.17) is 4.74 Å². The number of morpholine rings is 1. The Morgan fingerprint density at radius 2 is 1.55 bits per heavy atom. The van der Waals surface area contributed by atoms with Crippen LogP contribution in [0.15, 0.2) is 48.5 Å². The Bertz CT molecular complexity index is 844. The Labute approximate surface area is 184 Å². The molecule has 0 unspecified atom stereocenters. The van der Waals surface area contributed by atoms with Gasteiger partial charge < -0.3 is 10.1 Å². The zero-order chi connectivity index (χ0) is 21.5. The average molecular weight is 426 g/mol. The minimum absolute atomic E-state index is 0.0393. The summed E-state index contributed by atoms with van der Waals surface area (Å²) in [4.78, 5) is 17.2. The number of ether oxygens (including phenoxy) is 1. The molecule has 2 heterocycles. The van der Waals surface area contributed by atoms with Gasteiger partial charge in [0.1, 0.15) is 5.82 Å². The lowest BCUT2D eigenvalue weighted by molar-refractivity contribution is -0.126. The van der Waals surface area contributed by atoms with E-state index < -0.39 is 0 Å². The summed E-state index contributed by atoms with van der Waals surface area (Å²) in [6, 6.07) is 15.4. The average Bonchev–Trinajstić information content (AvgIpc) is 2.81. The number of carbonyl (C=O) groups is 1. The third-order valence-electron chi connectivity index (χ3n) is 6.31. The second kappa shape index (κ2) is 10.8. The van der Waals surface area contributed by atoms with Crippen molar-refractivity contribution in [3.05, 3.63) is 71.0 Å². The van der Waals surface area contributed by atoms with Crippen molar-refractivity contribution in [2.24, 2.45) is 5.92 Å². The van der Waals surface area contributed by atoms with Crippen LogP contribution in [0.4, 0.5) is 4.39 Å². The lowest BCUT2D eigenvalue weighted by Crippen LogP contribution is -2.40. The summed E-state index contributed by atoms with van der Waals surface area (Å²) >= 11 is 0. The van der Waals surface area contributed by atoms with Crippen molar-refractivity contribution in [2.75, 3.05) is 39.4 Å². The first-order valence-electron chi connectivity index (χ1n) is 11.3. The fraction of sp³-hybridized carbons (Fsp3) is 0.480. The Morgan fingerprint density at radius 3 is 2.26 bits per heavy atom. The molecule has 2 aromatic rings. The molecule has 0 aromatic heterocycles. The number of nitrogens with one attached hydrogen (secondary N) is 1. The molecule has 2 saturated heterocycles. The van der Waals surface area contributed by atoms with Gasteiger partial charge in [0.25, 0.3) is 0 Å². The maximum Gasteiger partial charge on any atom is 0.223 e. The molecule has 2 aliphatic rings. The van der Waals surface area contributed by atoms with Crippen LogP contribution in [0.1, 0.15) is 29.5 Å². The summed E-state index contributed by atoms with van der Waals surface area (Å²) < 4.78 is 19.3. The van der Waals surface area contributed by atoms with Gasteiger partial charge in [-0.3, -0.25) is 14.6 Å². The van der Waals surface area contributed by atoms with E-state index in [1.807, 2.05) is 12.1 Å². The van der Waals surface area contributed by atoms with E-state index in [0.29, 0.717) is 13.1 Å². The van der Waals surface area contributed by atoms with Gasteiger partial charge in [0.15, 0.2) is 0 Å². The van der Waals surface area contributed by atoms with Crippen molar-refractivity contribution in [3.8, 4) is 0 Å². The van der Waals surface area contributed by atoms with E-state index in [9.17, 15) is 9.18 Å². The summed E-state index contributed by atoms with van der Waals surface area (Å²) in [6.45, 7) is 7.35. The molecule has 0 bridgehead atoms. The quantitative estimate of drug-likeness (QED) is 0.740. The van der Waals surface area contributed by atoms with Crippen molar-refractivity contribution in [2.45, 2.75) is 32.5 Å². The Kier molecular flexibility index (Phi) is 7.67. The molecule has 6 heteroatoms. The molecule has 5 nitrogen and oxygen atoms in total. The van der Waals surface area contributed by atoms with E-state index in [1.165, 1.54) is 11.6 Å². The second-order valence-corrected chi connectivity index (χ2v) is 8.56. The highest BCUT2D eigenvalue weighted by Gasteiger charge is 2.25. The molecule has 31 heavy (non-hydrogen) atoms. The van der Waals surface area contributed by atoms with Crippen LogP contribution in [0.3, 0.4) is 0 Å². The van der Waals surface area contributed by atoms with Crippen molar-refractivity contribution in [1.29, 1.82) is 0 Å². The van der Waals surface area contributed by atoms with Crippen molar-refractivity contribution in [1.82, 2.24) is 15.1 Å². The lowest BCUT2D eigenvalue weighted by atomic mass is 9.95. The van der Waals surface area contributed by atoms with Gasteiger partial charge in [-0.2, -0.15) is 0 Å².